The molecule has 1 N–H and O–H groups in total. The molecule has 0 amide bonds. The molecule has 15 heavy (non-hydrogen) atoms. The molecule has 1 nitrogen and oxygen atoms in total. The van der Waals surface area contributed by atoms with E-state index in [-0.39, 0.29) is 0 Å². The van der Waals surface area contributed by atoms with Gasteiger partial charge in [0.15, 0.2) is 0 Å². The molecule has 0 saturated heterocycles. The molecule has 0 aliphatic carbocycles. The van der Waals surface area contributed by atoms with Gasteiger partial charge in [-0.15, -0.1) is 0 Å². The number of benzene rings is 1. The lowest BCUT2D eigenvalue weighted by Crippen LogP contribution is -1.92. The SMILES string of the molecule is C/C=C(/CC)c1cccc(C(C)C)c1O. The van der Waals surface area contributed by atoms with Crippen molar-refractivity contribution < 1.29 is 5.11 Å². The average molecular weight is 204 g/mol. The quantitative estimate of drug-likeness (QED) is 0.777. The zero-order valence-electron chi connectivity index (χ0n) is 10.0. The minimum Gasteiger partial charge on any atom is -0.507 e. The fraction of sp³-hybridized carbons (Fsp3) is 0.429. The van der Waals surface area contributed by atoms with Gasteiger partial charge in [0.25, 0.3) is 0 Å². The lowest BCUT2D eigenvalue weighted by atomic mass is 9.94. The van der Waals surface area contributed by atoms with Gasteiger partial charge in [-0.25, -0.2) is 0 Å². The van der Waals surface area contributed by atoms with Crippen molar-refractivity contribution in [3.05, 3.63) is 35.4 Å². The fourth-order valence-electron chi connectivity index (χ4n) is 1.84. The molecule has 0 atom stereocenters. The maximum absolute atomic E-state index is 10.2. The largest absolute Gasteiger partial charge is 0.507 e. The van der Waals surface area contributed by atoms with Crippen LogP contribution in [0, 0.1) is 0 Å². The second-order valence-electron chi connectivity index (χ2n) is 4.07. The van der Waals surface area contributed by atoms with Gasteiger partial charge in [0, 0.05) is 5.56 Å². The second-order valence-corrected chi connectivity index (χ2v) is 4.07. The Labute approximate surface area is 92.5 Å². The lowest BCUT2D eigenvalue weighted by Gasteiger charge is -2.13. The van der Waals surface area contributed by atoms with Crippen molar-refractivity contribution in [2.45, 2.75) is 40.0 Å². The highest BCUT2D eigenvalue weighted by atomic mass is 16.3. The predicted octanol–water partition coefficient (Wildman–Crippen LogP) is 4.33. The summed E-state index contributed by atoms with van der Waals surface area (Å²) in [6, 6.07) is 6.00. The van der Waals surface area contributed by atoms with Crippen molar-refractivity contribution in [1.82, 2.24) is 0 Å². The molecule has 0 aromatic heterocycles. The smallest absolute Gasteiger partial charge is 0.126 e. The van der Waals surface area contributed by atoms with E-state index < -0.39 is 0 Å². The summed E-state index contributed by atoms with van der Waals surface area (Å²) in [5, 5.41) is 10.2. The molecular formula is C14H20O. The third-order valence-electron chi connectivity index (χ3n) is 2.76. The maximum atomic E-state index is 10.2. The fourth-order valence-corrected chi connectivity index (χ4v) is 1.84. The van der Waals surface area contributed by atoms with E-state index in [1.165, 1.54) is 5.57 Å². The number of hydrogen-bond donors (Lipinski definition) is 1. The highest BCUT2D eigenvalue weighted by Gasteiger charge is 2.11. The molecule has 1 rings (SSSR count). The first-order valence-electron chi connectivity index (χ1n) is 5.59. The van der Waals surface area contributed by atoms with E-state index >= 15 is 0 Å². The zero-order chi connectivity index (χ0) is 11.4. The summed E-state index contributed by atoms with van der Waals surface area (Å²) in [6.07, 6.45) is 3.02. The van der Waals surface area contributed by atoms with Crippen molar-refractivity contribution in [2.75, 3.05) is 0 Å². The van der Waals surface area contributed by atoms with Crippen LogP contribution in [0.1, 0.15) is 51.2 Å². The Hall–Kier alpha value is -1.24. The molecule has 1 aromatic carbocycles. The molecule has 0 saturated carbocycles. The van der Waals surface area contributed by atoms with Crippen molar-refractivity contribution >= 4 is 5.57 Å². The average Bonchev–Trinajstić information content (AvgIpc) is 2.21. The summed E-state index contributed by atoms with van der Waals surface area (Å²) in [7, 11) is 0. The molecule has 0 bridgehead atoms. The summed E-state index contributed by atoms with van der Waals surface area (Å²) in [5.74, 6) is 0.808. The number of aromatic hydroxyl groups is 1. The minimum absolute atomic E-state index is 0.361. The first-order chi connectivity index (χ1) is 7.11. The van der Waals surface area contributed by atoms with Crippen LogP contribution in [0.5, 0.6) is 5.75 Å². The van der Waals surface area contributed by atoms with Crippen LogP contribution < -0.4 is 0 Å². The van der Waals surface area contributed by atoms with Gasteiger partial charge in [0.1, 0.15) is 5.75 Å². The predicted molar refractivity (Wildman–Crippen MR) is 66.1 cm³/mol. The van der Waals surface area contributed by atoms with Crippen LogP contribution in [0.3, 0.4) is 0 Å². The van der Waals surface area contributed by atoms with Crippen LogP contribution >= 0.6 is 0 Å². The highest BCUT2D eigenvalue weighted by Crippen LogP contribution is 2.33. The minimum atomic E-state index is 0.361. The summed E-state index contributed by atoms with van der Waals surface area (Å²) in [5.41, 5.74) is 3.21. The normalized spacial score (nSPS) is 12.2. The molecular weight excluding hydrogens is 184 g/mol. The van der Waals surface area contributed by atoms with Crippen molar-refractivity contribution in [1.29, 1.82) is 0 Å². The van der Waals surface area contributed by atoms with Crippen molar-refractivity contribution in [2.24, 2.45) is 0 Å². The molecule has 0 spiro atoms. The first kappa shape index (κ1) is 11.8. The van der Waals surface area contributed by atoms with Gasteiger partial charge in [0.05, 0.1) is 0 Å². The number of phenolic OH excluding ortho intramolecular Hbond substituents is 1. The second kappa shape index (κ2) is 5.01. The maximum Gasteiger partial charge on any atom is 0.126 e. The first-order valence-corrected chi connectivity index (χ1v) is 5.59. The van der Waals surface area contributed by atoms with E-state index in [0.29, 0.717) is 11.7 Å². The van der Waals surface area contributed by atoms with Crippen LogP contribution in [0.2, 0.25) is 0 Å². The van der Waals surface area contributed by atoms with Crippen LogP contribution in [0.15, 0.2) is 24.3 Å². The number of hydrogen-bond acceptors (Lipinski definition) is 1. The van der Waals surface area contributed by atoms with Gasteiger partial charge in [-0.3, -0.25) is 0 Å². The Bertz CT molecular complexity index is 362. The van der Waals surface area contributed by atoms with E-state index in [2.05, 4.69) is 26.8 Å². The monoisotopic (exact) mass is 204 g/mol. The van der Waals surface area contributed by atoms with Crippen LogP contribution in [-0.4, -0.2) is 5.11 Å². The summed E-state index contributed by atoms with van der Waals surface area (Å²) in [6.45, 7) is 8.32. The molecule has 0 unspecified atom stereocenters. The Balaban J connectivity index is 3.26. The number of phenols is 1. The number of para-hydroxylation sites is 1. The highest BCUT2D eigenvalue weighted by molar-refractivity contribution is 5.71. The van der Waals surface area contributed by atoms with Gasteiger partial charge in [0.2, 0.25) is 0 Å². The molecule has 1 heteroatoms. The molecule has 0 aliphatic heterocycles. The Morgan fingerprint density at radius 3 is 2.53 bits per heavy atom. The van der Waals surface area contributed by atoms with Gasteiger partial charge in [-0.05, 0) is 30.4 Å². The summed E-state index contributed by atoms with van der Waals surface area (Å²) < 4.78 is 0. The molecule has 0 radical (unpaired) electrons. The zero-order valence-corrected chi connectivity index (χ0v) is 10.0. The van der Waals surface area contributed by atoms with Gasteiger partial charge in [-0.1, -0.05) is 45.0 Å². The van der Waals surface area contributed by atoms with Crippen LogP contribution in [0.25, 0.3) is 5.57 Å². The third kappa shape index (κ3) is 2.41. The standard InChI is InChI=1S/C14H20O/c1-5-11(6-2)13-9-7-8-12(10(3)4)14(13)15/h5,7-10,15H,6H2,1-4H3/b11-5-. The topological polar surface area (TPSA) is 20.2 Å². The van der Waals surface area contributed by atoms with Crippen LogP contribution in [0.4, 0.5) is 0 Å². The Kier molecular flexibility index (Phi) is 3.96. The molecule has 0 heterocycles. The van der Waals surface area contributed by atoms with Gasteiger partial charge >= 0.3 is 0 Å². The van der Waals surface area contributed by atoms with E-state index in [9.17, 15) is 5.11 Å². The molecule has 1 aromatic rings. The lowest BCUT2D eigenvalue weighted by molar-refractivity contribution is 0.463. The van der Waals surface area contributed by atoms with Crippen molar-refractivity contribution in [3.8, 4) is 5.75 Å². The molecule has 82 valence electrons. The van der Waals surface area contributed by atoms with E-state index in [4.69, 9.17) is 0 Å². The van der Waals surface area contributed by atoms with E-state index in [1.54, 1.807) is 0 Å². The summed E-state index contributed by atoms with van der Waals surface area (Å²) in [4.78, 5) is 0. The van der Waals surface area contributed by atoms with Crippen molar-refractivity contribution in [3.63, 3.8) is 0 Å². The molecule has 0 aliphatic rings. The molecule has 0 fully saturated rings. The Morgan fingerprint density at radius 2 is 2.07 bits per heavy atom. The van der Waals surface area contributed by atoms with E-state index in [1.807, 2.05) is 25.1 Å². The van der Waals surface area contributed by atoms with Gasteiger partial charge in [-0.2, -0.15) is 0 Å². The van der Waals surface area contributed by atoms with Crippen LogP contribution in [-0.2, 0) is 0 Å². The number of rotatable bonds is 3. The van der Waals surface area contributed by atoms with E-state index in [0.717, 1.165) is 17.5 Å². The number of allylic oxidation sites excluding steroid dienone is 2. The Morgan fingerprint density at radius 1 is 1.40 bits per heavy atom. The third-order valence-corrected chi connectivity index (χ3v) is 2.76. The van der Waals surface area contributed by atoms with Gasteiger partial charge < -0.3 is 5.11 Å². The summed E-state index contributed by atoms with van der Waals surface area (Å²) >= 11 is 0.